The van der Waals surface area contributed by atoms with E-state index in [1.54, 1.807) is 6.20 Å². The Kier molecular flexibility index (Phi) is 8.32. The van der Waals surface area contributed by atoms with E-state index in [4.69, 9.17) is 24.4 Å². The van der Waals surface area contributed by atoms with Gasteiger partial charge in [0.2, 0.25) is 0 Å². The first-order valence-electron chi connectivity index (χ1n) is 6.37. The predicted molar refractivity (Wildman–Crippen MR) is 82.0 cm³/mol. The Morgan fingerprint density at radius 3 is 2.09 bits per heavy atom. The van der Waals surface area contributed by atoms with Gasteiger partial charge < -0.3 is 34.4 Å². The lowest BCUT2D eigenvalue weighted by Gasteiger charge is -2.21. The summed E-state index contributed by atoms with van der Waals surface area (Å²) in [6.07, 6.45) is 1.59. The molecule has 0 bridgehead atoms. The summed E-state index contributed by atoms with van der Waals surface area (Å²) in [5.74, 6) is 0.315. The van der Waals surface area contributed by atoms with Gasteiger partial charge in [-0.3, -0.25) is 4.57 Å². The Hall–Kier alpha value is -1.41. The third kappa shape index (κ3) is 11.3. The number of aromatic amines is 1. The standard InChI is InChI=1S/C8H7NO.C5H14NO.H3O4P/c10-8-5-9-7-4-2-1-3-6(7)8;1-6(2,3)4-5-7;1-5(2,3)4/h1-5,9-10H;7H,4-5H2,1-3H3;(H3,1,2,3,4)/q;+1;/p-1. The van der Waals surface area contributed by atoms with Crippen molar-refractivity contribution in [3.8, 4) is 5.75 Å². The van der Waals surface area contributed by atoms with Gasteiger partial charge in [0, 0.05) is 17.1 Å². The number of aliphatic hydroxyl groups is 1. The first kappa shape index (κ1) is 20.6. The fourth-order valence-corrected chi connectivity index (χ4v) is 1.36. The molecule has 22 heavy (non-hydrogen) atoms. The van der Waals surface area contributed by atoms with E-state index in [9.17, 15) is 5.11 Å². The van der Waals surface area contributed by atoms with Crippen molar-refractivity contribution in [2.24, 2.45) is 0 Å². The summed E-state index contributed by atoms with van der Waals surface area (Å²) in [4.78, 5) is 25.9. The highest BCUT2D eigenvalue weighted by Gasteiger charge is 2.02. The van der Waals surface area contributed by atoms with E-state index in [2.05, 4.69) is 26.1 Å². The van der Waals surface area contributed by atoms with Crippen molar-refractivity contribution in [1.29, 1.82) is 0 Å². The van der Waals surface area contributed by atoms with Crippen molar-refractivity contribution in [3.05, 3.63) is 30.5 Å². The predicted octanol–water partition coefficient (Wildman–Crippen LogP) is -0.00220. The van der Waals surface area contributed by atoms with Crippen molar-refractivity contribution < 1.29 is 33.9 Å². The molecule has 1 aromatic carbocycles. The van der Waals surface area contributed by atoms with E-state index >= 15 is 0 Å². The highest BCUT2D eigenvalue weighted by Crippen LogP contribution is 2.22. The number of likely N-dealkylation sites (N-methyl/N-ethyl adjacent to an activating group) is 1. The van der Waals surface area contributed by atoms with Gasteiger partial charge in [-0.25, -0.2) is 0 Å². The van der Waals surface area contributed by atoms with Crippen molar-refractivity contribution in [1.82, 2.24) is 4.98 Å². The fraction of sp³-hybridized carbons (Fsp3) is 0.385. The molecule has 8 nitrogen and oxygen atoms in total. The second-order valence-electron chi connectivity index (χ2n) is 5.45. The number of H-pyrrole nitrogens is 1. The maximum atomic E-state index is 9.18. The molecule has 0 unspecified atom stereocenters. The first-order valence-corrected chi connectivity index (χ1v) is 7.90. The molecule has 0 saturated heterocycles. The molecule has 1 aromatic heterocycles. The van der Waals surface area contributed by atoms with Crippen LogP contribution in [0.25, 0.3) is 10.9 Å². The van der Waals surface area contributed by atoms with E-state index in [0.717, 1.165) is 21.9 Å². The van der Waals surface area contributed by atoms with E-state index in [1.165, 1.54) is 0 Å². The normalized spacial score (nSPS) is 11.2. The number of phosphoric acid groups is 1. The lowest BCUT2D eigenvalue weighted by atomic mass is 10.2. The topological polar surface area (TPSA) is 137 Å². The largest absolute Gasteiger partial charge is 0.756 e. The van der Waals surface area contributed by atoms with Crippen LogP contribution in [-0.4, -0.2) is 63.8 Å². The molecular weight excluding hydrogens is 311 g/mol. The van der Waals surface area contributed by atoms with Crippen LogP contribution in [0.2, 0.25) is 0 Å². The van der Waals surface area contributed by atoms with Crippen LogP contribution in [0.3, 0.4) is 0 Å². The second-order valence-corrected chi connectivity index (χ2v) is 6.43. The Bertz CT molecular complexity index is 594. The molecule has 0 amide bonds. The van der Waals surface area contributed by atoms with Crippen LogP contribution >= 0.6 is 7.82 Å². The maximum Gasteiger partial charge on any atom is 0.262 e. The van der Waals surface area contributed by atoms with E-state index in [0.29, 0.717) is 5.75 Å². The van der Waals surface area contributed by atoms with Gasteiger partial charge in [0.15, 0.2) is 0 Å². The fourth-order valence-electron chi connectivity index (χ4n) is 1.36. The molecular formula is C13H23N2O6P. The van der Waals surface area contributed by atoms with Crippen LogP contribution in [-0.2, 0) is 4.57 Å². The summed E-state index contributed by atoms with van der Waals surface area (Å²) in [5, 5.41) is 18.4. The number of quaternary nitrogens is 1. The third-order valence-corrected chi connectivity index (χ3v) is 2.34. The van der Waals surface area contributed by atoms with Gasteiger partial charge in [-0.15, -0.1) is 0 Å². The molecule has 0 atom stereocenters. The summed E-state index contributed by atoms with van der Waals surface area (Å²) >= 11 is 0. The Balaban J connectivity index is 0.000000326. The monoisotopic (exact) mass is 334 g/mol. The molecule has 0 spiro atoms. The number of rotatable bonds is 2. The minimum atomic E-state index is -4.89. The molecule has 2 aromatic rings. The average molecular weight is 334 g/mol. The number of hydrogen-bond acceptors (Lipinski definition) is 4. The van der Waals surface area contributed by atoms with Crippen LogP contribution in [0.15, 0.2) is 30.5 Å². The highest BCUT2D eigenvalue weighted by molar-refractivity contribution is 7.43. The van der Waals surface area contributed by atoms with Gasteiger partial charge in [0.25, 0.3) is 7.82 Å². The molecule has 0 aliphatic heterocycles. The highest BCUT2D eigenvalue weighted by atomic mass is 31.2. The number of aromatic hydroxyl groups is 1. The minimum absolute atomic E-state index is 0.281. The van der Waals surface area contributed by atoms with Crippen LogP contribution in [0, 0.1) is 0 Å². The summed E-state index contributed by atoms with van der Waals surface area (Å²) in [5.41, 5.74) is 0.972. The van der Waals surface area contributed by atoms with Gasteiger partial charge in [-0.05, 0) is 12.1 Å². The quantitative estimate of drug-likeness (QED) is 0.387. The molecule has 0 aliphatic carbocycles. The van der Waals surface area contributed by atoms with Crippen molar-refractivity contribution in [2.45, 2.75) is 0 Å². The van der Waals surface area contributed by atoms with Gasteiger partial charge in [0.05, 0.1) is 27.7 Å². The molecule has 126 valence electrons. The number of nitrogens with one attached hydrogen (secondary N) is 1. The summed E-state index contributed by atoms with van der Waals surface area (Å²) in [6.45, 7) is 1.11. The zero-order valence-electron chi connectivity index (χ0n) is 12.8. The van der Waals surface area contributed by atoms with Crippen LogP contribution in [0.4, 0.5) is 0 Å². The van der Waals surface area contributed by atoms with Gasteiger partial charge in [0.1, 0.15) is 12.3 Å². The van der Waals surface area contributed by atoms with Crippen molar-refractivity contribution in [2.75, 3.05) is 34.3 Å². The van der Waals surface area contributed by atoms with Crippen LogP contribution < -0.4 is 4.89 Å². The lowest BCUT2D eigenvalue weighted by molar-refractivity contribution is -0.870. The Morgan fingerprint density at radius 1 is 1.23 bits per heavy atom. The number of para-hydroxylation sites is 1. The smallest absolute Gasteiger partial charge is 0.262 e. The van der Waals surface area contributed by atoms with Crippen molar-refractivity contribution >= 4 is 18.7 Å². The second kappa shape index (κ2) is 8.89. The minimum Gasteiger partial charge on any atom is -0.756 e. The summed E-state index contributed by atoms with van der Waals surface area (Å²) < 4.78 is 9.61. The number of hydrogen-bond donors (Lipinski definition) is 5. The zero-order chi connectivity index (χ0) is 17.4. The number of aliphatic hydroxyl groups excluding tert-OH is 1. The van der Waals surface area contributed by atoms with Gasteiger partial charge >= 0.3 is 0 Å². The number of nitrogens with zero attached hydrogens (tertiary/aromatic N) is 1. The first-order chi connectivity index (χ1) is 9.94. The van der Waals surface area contributed by atoms with Crippen LogP contribution in [0.5, 0.6) is 5.75 Å². The summed E-state index contributed by atoms with van der Waals surface area (Å²) in [7, 11) is 1.27. The molecule has 9 heteroatoms. The molecule has 1 heterocycles. The van der Waals surface area contributed by atoms with Gasteiger partial charge in [-0.1, -0.05) is 12.1 Å². The van der Waals surface area contributed by atoms with E-state index in [1.807, 2.05) is 24.3 Å². The SMILES string of the molecule is C[N+](C)(C)CCO.O=P([O-])(O)O.Oc1c[nH]c2ccccc12. The van der Waals surface area contributed by atoms with Gasteiger partial charge in [-0.2, -0.15) is 0 Å². The number of benzene rings is 1. The Morgan fingerprint density at radius 2 is 1.73 bits per heavy atom. The van der Waals surface area contributed by atoms with E-state index < -0.39 is 7.82 Å². The molecule has 0 fully saturated rings. The molecule has 0 radical (unpaired) electrons. The van der Waals surface area contributed by atoms with Crippen LogP contribution in [0.1, 0.15) is 0 Å². The average Bonchev–Trinajstić information content (AvgIpc) is 2.69. The molecule has 0 saturated carbocycles. The van der Waals surface area contributed by atoms with E-state index in [-0.39, 0.29) is 6.61 Å². The Labute approximate surface area is 129 Å². The number of fused-ring (bicyclic) bond motifs is 1. The lowest BCUT2D eigenvalue weighted by Crippen LogP contribution is -2.36. The molecule has 5 N–H and O–H groups in total. The third-order valence-electron chi connectivity index (χ3n) is 2.34. The van der Waals surface area contributed by atoms with Crippen molar-refractivity contribution in [3.63, 3.8) is 0 Å². The molecule has 0 aliphatic rings. The zero-order valence-corrected chi connectivity index (χ0v) is 13.7. The maximum absolute atomic E-state index is 9.18. The molecule has 2 rings (SSSR count). The number of aromatic nitrogens is 1. The summed E-state index contributed by atoms with van der Waals surface area (Å²) in [6, 6.07) is 7.63.